The minimum absolute atomic E-state index is 0.150. The molecule has 1 N–H and O–H groups in total. The number of benzene rings is 1. The van der Waals surface area contributed by atoms with Crippen molar-refractivity contribution in [1.29, 1.82) is 0 Å². The topological polar surface area (TPSA) is 41.5 Å². The van der Waals surface area contributed by atoms with Crippen LogP contribution in [0.25, 0.3) is 0 Å². The summed E-state index contributed by atoms with van der Waals surface area (Å²) in [6.45, 7) is 0. The predicted molar refractivity (Wildman–Crippen MR) is 98.8 cm³/mol. The smallest absolute Gasteiger partial charge is 0.267 e. The van der Waals surface area contributed by atoms with Gasteiger partial charge in [-0.05, 0) is 49.3 Å². The van der Waals surface area contributed by atoms with Crippen LogP contribution < -0.4 is 5.43 Å². The fraction of sp³-hybridized carbons (Fsp3) is 0.238. The van der Waals surface area contributed by atoms with E-state index in [1.165, 1.54) is 12.0 Å². The van der Waals surface area contributed by atoms with E-state index in [4.69, 9.17) is 0 Å². The highest BCUT2D eigenvalue weighted by atomic mass is 16.2. The first-order valence-electron chi connectivity index (χ1n) is 8.45. The lowest BCUT2D eigenvalue weighted by atomic mass is 9.82. The van der Waals surface area contributed by atoms with E-state index in [1.807, 2.05) is 36.4 Å². The molecular formula is C21H22N2O. The van der Waals surface area contributed by atoms with Crippen LogP contribution in [0, 0.1) is 5.92 Å². The summed E-state index contributed by atoms with van der Waals surface area (Å²) in [5, 5.41) is 4.38. The van der Waals surface area contributed by atoms with Crippen molar-refractivity contribution >= 4 is 11.6 Å². The molecule has 3 rings (SSSR count). The highest BCUT2D eigenvalue weighted by Gasteiger charge is 2.20. The summed E-state index contributed by atoms with van der Waals surface area (Å²) in [4.78, 5) is 12.1. The van der Waals surface area contributed by atoms with Crippen molar-refractivity contribution in [2.24, 2.45) is 11.0 Å². The number of nitrogens with zero attached hydrogens (tertiary/aromatic N) is 1. The summed E-state index contributed by atoms with van der Waals surface area (Å²) in [5.41, 5.74) is 5.74. The van der Waals surface area contributed by atoms with Crippen LogP contribution in [0.5, 0.6) is 0 Å². The van der Waals surface area contributed by atoms with Crippen LogP contribution in [0.2, 0.25) is 0 Å². The van der Waals surface area contributed by atoms with Crippen LogP contribution in [0.1, 0.15) is 36.0 Å². The second kappa shape index (κ2) is 8.25. The molecule has 1 amide bonds. The van der Waals surface area contributed by atoms with Crippen LogP contribution >= 0.6 is 0 Å². The minimum atomic E-state index is -0.150. The highest BCUT2D eigenvalue weighted by Crippen LogP contribution is 2.29. The number of hydrogen-bond acceptors (Lipinski definition) is 2. The van der Waals surface area contributed by atoms with Crippen molar-refractivity contribution < 1.29 is 4.79 Å². The van der Waals surface area contributed by atoms with Crippen LogP contribution in [0.15, 0.2) is 83.5 Å². The van der Waals surface area contributed by atoms with Crippen molar-refractivity contribution in [2.75, 3.05) is 0 Å². The zero-order valence-electron chi connectivity index (χ0n) is 13.7. The molecule has 1 saturated carbocycles. The van der Waals surface area contributed by atoms with Gasteiger partial charge in [0.25, 0.3) is 5.91 Å². The summed E-state index contributed by atoms with van der Waals surface area (Å²) >= 11 is 0. The van der Waals surface area contributed by atoms with Crippen LogP contribution in [-0.2, 0) is 0 Å². The van der Waals surface area contributed by atoms with E-state index in [1.54, 1.807) is 12.1 Å². The van der Waals surface area contributed by atoms with Gasteiger partial charge >= 0.3 is 0 Å². The number of carbonyl (C=O) groups is 1. The summed E-state index contributed by atoms with van der Waals surface area (Å²) in [5.74, 6) is 0.321. The van der Waals surface area contributed by atoms with E-state index in [2.05, 4.69) is 34.8 Å². The van der Waals surface area contributed by atoms with Crippen molar-refractivity contribution in [2.45, 2.75) is 25.7 Å². The predicted octanol–water partition coefficient (Wildman–Crippen LogP) is 4.57. The first-order chi connectivity index (χ1) is 11.8. The third-order valence-electron chi connectivity index (χ3n) is 4.34. The van der Waals surface area contributed by atoms with Crippen LogP contribution in [-0.4, -0.2) is 11.6 Å². The molecule has 0 bridgehead atoms. The molecule has 3 nitrogen and oxygen atoms in total. The van der Waals surface area contributed by atoms with Gasteiger partial charge in [0, 0.05) is 11.3 Å². The Morgan fingerprint density at radius 2 is 1.83 bits per heavy atom. The van der Waals surface area contributed by atoms with Crippen molar-refractivity contribution in [3.8, 4) is 0 Å². The summed E-state index contributed by atoms with van der Waals surface area (Å²) in [6, 6.07) is 9.20. The molecule has 0 saturated heterocycles. The van der Waals surface area contributed by atoms with E-state index >= 15 is 0 Å². The Kier molecular flexibility index (Phi) is 5.56. The van der Waals surface area contributed by atoms with Gasteiger partial charge in [-0.1, -0.05) is 60.7 Å². The normalized spacial score (nSPS) is 24.6. The van der Waals surface area contributed by atoms with Gasteiger partial charge in [-0.2, -0.15) is 5.10 Å². The molecule has 1 unspecified atom stereocenters. The maximum Gasteiger partial charge on any atom is 0.271 e. The molecule has 0 aromatic heterocycles. The molecule has 0 spiro atoms. The standard InChI is InChI=1S/C21H22N2O/c24-21(18-12-7-4-8-13-18)23-22-20-15-9-14-19(16-20)17-10-5-2-1-3-6-11-17/h1-8,10-13,19H,9,14-16H2,(H,23,24)/b2-1-,3-1?,5-2?,6-3-,10-5?,11-6?,17-10?,17-11?,22-20-. The van der Waals surface area contributed by atoms with Crippen molar-refractivity contribution in [3.63, 3.8) is 0 Å². The van der Waals surface area contributed by atoms with Gasteiger partial charge in [0.05, 0.1) is 0 Å². The molecule has 0 heterocycles. The Labute approximate surface area is 143 Å². The van der Waals surface area contributed by atoms with Crippen molar-refractivity contribution in [1.82, 2.24) is 5.43 Å². The van der Waals surface area contributed by atoms with Gasteiger partial charge in [-0.25, -0.2) is 5.43 Å². The second-order valence-electron chi connectivity index (χ2n) is 6.07. The van der Waals surface area contributed by atoms with Gasteiger partial charge < -0.3 is 0 Å². The van der Waals surface area contributed by atoms with Gasteiger partial charge in [0.1, 0.15) is 0 Å². The lowest BCUT2D eigenvalue weighted by Crippen LogP contribution is -2.23. The number of hydrazone groups is 1. The van der Waals surface area contributed by atoms with Gasteiger partial charge in [0.2, 0.25) is 0 Å². The third kappa shape index (κ3) is 4.42. The van der Waals surface area contributed by atoms with Gasteiger partial charge in [-0.15, -0.1) is 0 Å². The van der Waals surface area contributed by atoms with E-state index in [0.29, 0.717) is 11.5 Å². The molecule has 24 heavy (non-hydrogen) atoms. The maximum atomic E-state index is 12.1. The molecule has 1 atom stereocenters. The lowest BCUT2D eigenvalue weighted by molar-refractivity contribution is 0.0954. The average molecular weight is 318 g/mol. The lowest BCUT2D eigenvalue weighted by Gasteiger charge is -2.24. The van der Waals surface area contributed by atoms with Crippen LogP contribution in [0.4, 0.5) is 0 Å². The average Bonchev–Trinajstić information content (AvgIpc) is 2.60. The summed E-state index contributed by atoms with van der Waals surface area (Å²) < 4.78 is 0. The van der Waals surface area contributed by atoms with Crippen molar-refractivity contribution in [3.05, 3.63) is 84.0 Å². The number of allylic oxidation sites excluding steroid dienone is 8. The number of nitrogens with one attached hydrogen (secondary N) is 1. The Bertz CT molecular complexity index is 723. The molecule has 2 aliphatic rings. The quantitative estimate of drug-likeness (QED) is 0.815. The number of carbonyl (C=O) groups excluding carboxylic acids is 1. The monoisotopic (exact) mass is 318 g/mol. The summed E-state index contributed by atoms with van der Waals surface area (Å²) in [6.07, 6.45) is 18.8. The Balaban J connectivity index is 1.64. The molecule has 1 aromatic rings. The molecule has 1 fully saturated rings. The van der Waals surface area contributed by atoms with E-state index in [9.17, 15) is 4.79 Å². The first-order valence-corrected chi connectivity index (χ1v) is 8.45. The second-order valence-corrected chi connectivity index (χ2v) is 6.07. The van der Waals surface area contributed by atoms with Gasteiger partial charge in [-0.3, -0.25) is 4.79 Å². The Morgan fingerprint density at radius 1 is 1.04 bits per heavy atom. The van der Waals surface area contributed by atoms with E-state index < -0.39 is 0 Å². The number of rotatable bonds is 3. The van der Waals surface area contributed by atoms with Crippen LogP contribution in [0.3, 0.4) is 0 Å². The third-order valence-corrected chi connectivity index (χ3v) is 4.34. The fourth-order valence-electron chi connectivity index (χ4n) is 3.06. The Hall–Kier alpha value is -2.68. The zero-order valence-corrected chi connectivity index (χ0v) is 13.7. The molecular weight excluding hydrogens is 296 g/mol. The molecule has 0 radical (unpaired) electrons. The molecule has 3 heteroatoms. The maximum absolute atomic E-state index is 12.1. The van der Waals surface area contributed by atoms with E-state index in [-0.39, 0.29) is 5.91 Å². The fourth-order valence-corrected chi connectivity index (χ4v) is 3.06. The van der Waals surface area contributed by atoms with Gasteiger partial charge in [0.15, 0.2) is 0 Å². The Morgan fingerprint density at radius 3 is 2.71 bits per heavy atom. The minimum Gasteiger partial charge on any atom is -0.267 e. The molecule has 1 aromatic carbocycles. The molecule has 2 aliphatic carbocycles. The highest BCUT2D eigenvalue weighted by molar-refractivity contribution is 5.95. The zero-order chi connectivity index (χ0) is 16.6. The molecule has 0 aliphatic heterocycles. The largest absolute Gasteiger partial charge is 0.271 e. The number of amides is 1. The summed E-state index contributed by atoms with van der Waals surface area (Å²) in [7, 11) is 0. The number of hydrogen-bond donors (Lipinski definition) is 1. The molecule has 122 valence electrons. The SMILES string of the molecule is O=C(N/N=C1/CCCC(C2=C/C=C\C=C/C=C2)C1)c1ccccc1. The van der Waals surface area contributed by atoms with E-state index in [0.717, 1.165) is 25.0 Å². The first kappa shape index (κ1) is 16.2.